The van der Waals surface area contributed by atoms with E-state index >= 15 is 0 Å². The minimum atomic E-state index is -2.84. The van der Waals surface area contributed by atoms with Crippen LogP contribution in [0.1, 0.15) is 27.2 Å². The van der Waals surface area contributed by atoms with Crippen molar-refractivity contribution >= 4 is 86.8 Å². The first-order valence-corrected chi connectivity index (χ1v) is 13.5. The van der Waals surface area contributed by atoms with Crippen LogP contribution >= 0.6 is 58.1 Å². The number of nitrogens with zero attached hydrogens (tertiary/aromatic N) is 3. The lowest BCUT2D eigenvalue weighted by Crippen LogP contribution is -2.28. The van der Waals surface area contributed by atoms with E-state index in [9.17, 15) is 13.6 Å². The molecule has 0 radical (unpaired) electrons. The molecule has 1 unspecified atom stereocenters. The average Bonchev–Trinajstić information content (AvgIpc) is 3.26. The SMILES string of the molecule is O=C(NCc1c(Cl)cc(Cl)cc1Cl)c1ccc(Cl)cc1N(c1nsnc1Cc1ccccc1)S(=O)[O-]. The zero-order chi connectivity index (χ0) is 25.8. The van der Waals surface area contributed by atoms with Crippen molar-refractivity contribution in [3.8, 4) is 0 Å². The second kappa shape index (κ2) is 11.9. The van der Waals surface area contributed by atoms with E-state index in [1.165, 1.54) is 30.3 Å². The van der Waals surface area contributed by atoms with E-state index in [-0.39, 0.29) is 38.7 Å². The summed E-state index contributed by atoms with van der Waals surface area (Å²) in [6, 6.07) is 16.7. The number of nitrogens with one attached hydrogen (secondary N) is 1. The second-order valence-electron chi connectivity index (χ2n) is 7.40. The molecule has 0 aliphatic carbocycles. The van der Waals surface area contributed by atoms with Crippen molar-refractivity contribution < 1.29 is 13.6 Å². The second-order valence-corrected chi connectivity index (χ2v) is 10.4. The number of carbonyl (C=O) groups excluding carboxylic acids is 1. The molecule has 13 heteroatoms. The van der Waals surface area contributed by atoms with Gasteiger partial charge in [-0.1, -0.05) is 76.7 Å². The Balaban J connectivity index is 1.68. The number of hydrogen-bond donors (Lipinski definition) is 1. The summed E-state index contributed by atoms with van der Waals surface area (Å²) in [5, 5.41) is 3.87. The van der Waals surface area contributed by atoms with Gasteiger partial charge in [0.1, 0.15) is 5.69 Å². The minimum Gasteiger partial charge on any atom is -0.755 e. The Morgan fingerprint density at radius 2 is 1.67 bits per heavy atom. The van der Waals surface area contributed by atoms with Gasteiger partial charge >= 0.3 is 0 Å². The molecule has 0 saturated heterocycles. The fourth-order valence-electron chi connectivity index (χ4n) is 3.39. The van der Waals surface area contributed by atoms with Crippen LogP contribution in [0.25, 0.3) is 0 Å². The van der Waals surface area contributed by atoms with Crippen LogP contribution in [0, 0.1) is 0 Å². The number of halogens is 4. The first-order valence-electron chi connectivity index (χ1n) is 10.2. The number of benzene rings is 3. The highest BCUT2D eigenvalue weighted by Gasteiger charge is 2.25. The van der Waals surface area contributed by atoms with Gasteiger partial charge in [0.15, 0.2) is 5.82 Å². The largest absolute Gasteiger partial charge is 0.755 e. The van der Waals surface area contributed by atoms with Gasteiger partial charge < -0.3 is 9.87 Å². The zero-order valence-corrected chi connectivity index (χ0v) is 22.7. The predicted octanol–water partition coefficient (Wildman–Crippen LogP) is 6.60. The molecule has 186 valence electrons. The molecule has 0 saturated carbocycles. The Bertz CT molecular complexity index is 1410. The molecule has 0 aliphatic rings. The molecule has 36 heavy (non-hydrogen) atoms. The van der Waals surface area contributed by atoms with Crippen LogP contribution in [0.2, 0.25) is 20.1 Å². The van der Waals surface area contributed by atoms with Gasteiger partial charge in [-0.25, -0.2) is 0 Å². The molecular formula is C23H15Cl4N4O3S2-. The van der Waals surface area contributed by atoms with Gasteiger partial charge in [-0.2, -0.15) is 8.75 Å². The van der Waals surface area contributed by atoms with Crippen molar-refractivity contribution in [3.05, 3.63) is 103 Å². The third-order valence-electron chi connectivity index (χ3n) is 5.05. The van der Waals surface area contributed by atoms with Crippen molar-refractivity contribution in [2.24, 2.45) is 0 Å². The van der Waals surface area contributed by atoms with E-state index in [1.54, 1.807) is 0 Å². The molecule has 1 atom stereocenters. The maximum absolute atomic E-state index is 13.2. The molecular weight excluding hydrogens is 586 g/mol. The fraction of sp³-hybridized carbons (Fsp3) is 0.0870. The summed E-state index contributed by atoms with van der Waals surface area (Å²) in [6.45, 7) is -0.0201. The maximum atomic E-state index is 13.2. The van der Waals surface area contributed by atoms with Crippen LogP contribution in [0.4, 0.5) is 11.5 Å². The summed E-state index contributed by atoms with van der Waals surface area (Å²) >= 11 is 22.6. The smallest absolute Gasteiger partial charge is 0.253 e. The molecule has 1 aromatic heterocycles. The molecule has 7 nitrogen and oxygen atoms in total. The fourth-order valence-corrected chi connectivity index (χ4v) is 5.71. The first kappa shape index (κ1) is 26.8. The Morgan fingerprint density at radius 1 is 0.972 bits per heavy atom. The molecule has 0 aliphatic heterocycles. The van der Waals surface area contributed by atoms with Crippen molar-refractivity contribution in [1.82, 2.24) is 14.1 Å². The topological polar surface area (TPSA) is 98.2 Å². The first-order chi connectivity index (χ1) is 17.2. The zero-order valence-electron chi connectivity index (χ0n) is 18.1. The number of anilines is 2. The van der Waals surface area contributed by atoms with Gasteiger partial charge in [-0.3, -0.25) is 13.3 Å². The van der Waals surface area contributed by atoms with Gasteiger partial charge in [0, 0.05) is 38.6 Å². The van der Waals surface area contributed by atoms with Gasteiger partial charge in [-0.05, 0) is 35.9 Å². The minimum absolute atomic E-state index is 0.0173. The van der Waals surface area contributed by atoms with Crippen LogP contribution in [0.15, 0.2) is 60.7 Å². The van der Waals surface area contributed by atoms with Gasteiger partial charge in [-0.15, -0.1) is 0 Å². The van der Waals surface area contributed by atoms with Crippen LogP contribution in [0.5, 0.6) is 0 Å². The highest BCUT2D eigenvalue weighted by Crippen LogP contribution is 2.35. The molecule has 0 fully saturated rings. The molecule has 0 spiro atoms. The van der Waals surface area contributed by atoms with Crippen molar-refractivity contribution in [2.45, 2.75) is 13.0 Å². The van der Waals surface area contributed by atoms with Crippen LogP contribution in [-0.4, -0.2) is 23.4 Å². The van der Waals surface area contributed by atoms with Crippen LogP contribution in [0.3, 0.4) is 0 Å². The number of carbonyl (C=O) groups is 1. The van der Waals surface area contributed by atoms with Crippen molar-refractivity contribution in [1.29, 1.82) is 0 Å². The lowest BCUT2D eigenvalue weighted by molar-refractivity contribution is 0.0951. The molecule has 4 aromatic rings. The van der Waals surface area contributed by atoms with Crippen LogP contribution < -0.4 is 9.62 Å². The van der Waals surface area contributed by atoms with Crippen molar-refractivity contribution in [2.75, 3.05) is 4.31 Å². The molecule has 1 amide bonds. The Kier molecular flexibility index (Phi) is 8.84. The van der Waals surface area contributed by atoms with Crippen molar-refractivity contribution in [3.63, 3.8) is 0 Å². The summed E-state index contributed by atoms with van der Waals surface area (Å²) in [4.78, 5) is 13.2. The van der Waals surface area contributed by atoms with E-state index in [2.05, 4.69) is 14.1 Å². The van der Waals surface area contributed by atoms with E-state index in [0.717, 1.165) is 21.6 Å². The molecule has 1 heterocycles. The third kappa shape index (κ3) is 6.18. The summed E-state index contributed by atoms with van der Waals surface area (Å²) in [7, 11) is 0. The summed E-state index contributed by atoms with van der Waals surface area (Å²) < 4.78 is 34.3. The Hall–Kier alpha value is -2.24. The summed E-state index contributed by atoms with van der Waals surface area (Å²) in [5.74, 6) is -0.496. The number of hydrogen-bond acceptors (Lipinski definition) is 6. The average molecular weight is 601 g/mol. The number of aromatic nitrogens is 2. The highest BCUT2D eigenvalue weighted by atomic mass is 35.5. The number of rotatable bonds is 8. The molecule has 1 N–H and O–H groups in total. The van der Waals surface area contributed by atoms with Gasteiger partial charge in [0.2, 0.25) is 0 Å². The molecule has 3 aromatic carbocycles. The molecule has 4 rings (SSSR count). The summed E-state index contributed by atoms with van der Waals surface area (Å²) in [5.41, 5.74) is 1.88. The lowest BCUT2D eigenvalue weighted by atomic mass is 10.1. The van der Waals surface area contributed by atoms with Gasteiger partial charge in [0.25, 0.3) is 5.91 Å². The third-order valence-corrected chi connectivity index (χ3v) is 7.40. The predicted molar refractivity (Wildman–Crippen MR) is 144 cm³/mol. The van der Waals surface area contributed by atoms with E-state index in [0.29, 0.717) is 22.7 Å². The molecule has 0 bridgehead atoms. The van der Waals surface area contributed by atoms with Crippen LogP contribution in [-0.2, 0) is 24.2 Å². The Labute approximate surface area is 233 Å². The normalized spacial score (nSPS) is 11.8. The lowest BCUT2D eigenvalue weighted by Gasteiger charge is -2.27. The van der Waals surface area contributed by atoms with Gasteiger partial charge in [0.05, 0.1) is 34.2 Å². The highest BCUT2D eigenvalue weighted by molar-refractivity contribution is 7.81. The van der Waals surface area contributed by atoms with E-state index in [1.807, 2.05) is 30.3 Å². The van der Waals surface area contributed by atoms with E-state index < -0.39 is 17.2 Å². The Morgan fingerprint density at radius 3 is 2.33 bits per heavy atom. The summed E-state index contributed by atoms with van der Waals surface area (Å²) in [6.07, 6.45) is 0.343. The number of amides is 1. The quantitative estimate of drug-likeness (QED) is 0.230. The monoisotopic (exact) mass is 599 g/mol. The maximum Gasteiger partial charge on any atom is 0.253 e. The van der Waals surface area contributed by atoms with E-state index in [4.69, 9.17) is 46.4 Å². The standard InChI is InChI=1S/C23H16Cl4N4O3S2/c24-14-6-7-16(23(32)28-12-17-18(26)9-15(25)10-19(17)27)21(11-14)31(36(33)34)22-20(29-35-30-22)8-13-4-2-1-3-5-13/h1-7,9-11H,8,12H2,(H,28,32)(H,33,34)/p-1.